The lowest BCUT2D eigenvalue weighted by atomic mass is 10.1. The highest BCUT2D eigenvalue weighted by Crippen LogP contribution is 2.30. The summed E-state index contributed by atoms with van der Waals surface area (Å²) in [5.41, 5.74) is 1.22. The van der Waals surface area contributed by atoms with E-state index in [0.29, 0.717) is 6.04 Å². The van der Waals surface area contributed by atoms with Crippen LogP contribution in [0.25, 0.3) is 0 Å². The predicted molar refractivity (Wildman–Crippen MR) is 80.9 cm³/mol. The van der Waals surface area contributed by atoms with E-state index < -0.39 is 0 Å². The Morgan fingerprint density at radius 2 is 2.11 bits per heavy atom. The molecule has 0 aliphatic carbocycles. The van der Waals surface area contributed by atoms with Crippen molar-refractivity contribution in [3.05, 3.63) is 58.8 Å². The normalized spacial score (nSPS) is 12.3. The molecule has 1 N–H and O–H groups in total. The van der Waals surface area contributed by atoms with E-state index in [4.69, 9.17) is 0 Å². The average Bonchev–Trinajstić information content (AvgIpc) is 2.42. The Labute approximate surface area is 120 Å². The zero-order valence-electron chi connectivity index (χ0n) is 10.1. The first kappa shape index (κ1) is 13.6. The smallest absolute Gasteiger partial charge is 0.0428 e. The van der Waals surface area contributed by atoms with Crippen LogP contribution in [0, 0.1) is 0 Å². The molecule has 94 valence electrons. The second kappa shape index (κ2) is 6.92. The molecule has 18 heavy (non-hydrogen) atoms. The number of halogens is 1. The highest BCUT2D eigenvalue weighted by atomic mass is 79.9. The molecule has 1 atom stereocenters. The topological polar surface area (TPSA) is 24.9 Å². The minimum Gasteiger partial charge on any atom is -0.312 e. The second-order valence-corrected chi connectivity index (χ2v) is 5.79. The Balaban J connectivity index is 2.02. The third kappa shape index (κ3) is 3.57. The van der Waals surface area contributed by atoms with Gasteiger partial charge in [0.05, 0.1) is 0 Å². The molecule has 0 saturated heterocycles. The molecule has 0 spiro atoms. The van der Waals surface area contributed by atoms with Crippen LogP contribution in [-0.4, -0.2) is 17.8 Å². The number of nitrogens with zero attached hydrogens (tertiary/aromatic N) is 1. The quantitative estimate of drug-likeness (QED) is 0.845. The molecule has 1 unspecified atom stereocenters. The Kier molecular flexibility index (Phi) is 5.23. The number of nitrogens with one attached hydrogen (secondary N) is 1. The lowest BCUT2D eigenvalue weighted by Gasteiger charge is -2.16. The summed E-state index contributed by atoms with van der Waals surface area (Å²) in [6, 6.07) is 12.7. The van der Waals surface area contributed by atoms with E-state index >= 15 is 0 Å². The molecule has 0 amide bonds. The van der Waals surface area contributed by atoms with Crippen molar-refractivity contribution in [2.75, 3.05) is 12.8 Å². The van der Waals surface area contributed by atoms with Gasteiger partial charge in [-0.2, -0.15) is 0 Å². The molecule has 0 bridgehead atoms. The van der Waals surface area contributed by atoms with E-state index in [1.54, 1.807) is 6.20 Å². The fourth-order valence-electron chi connectivity index (χ4n) is 1.66. The third-order valence-corrected chi connectivity index (χ3v) is 4.80. The summed E-state index contributed by atoms with van der Waals surface area (Å²) in [6.07, 6.45) is 3.72. The molecule has 0 saturated carbocycles. The molecular weight excluding hydrogens is 308 g/mol. The Hall–Kier alpha value is -0.840. The third-order valence-electron chi connectivity index (χ3n) is 2.68. The molecule has 0 fully saturated rings. The van der Waals surface area contributed by atoms with Crippen molar-refractivity contribution in [2.24, 2.45) is 0 Å². The van der Waals surface area contributed by atoms with Crippen molar-refractivity contribution in [2.45, 2.75) is 10.9 Å². The maximum atomic E-state index is 4.17. The average molecular weight is 323 g/mol. The van der Waals surface area contributed by atoms with E-state index in [2.05, 4.69) is 50.5 Å². The minimum atomic E-state index is 0.316. The van der Waals surface area contributed by atoms with Gasteiger partial charge in [-0.05, 0) is 46.7 Å². The largest absolute Gasteiger partial charge is 0.312 e. The zero-order chi connectivity index (χ0) is 12.8. The summed E-state index contributed by atoms with van der Waals surface area (Å²) in [6.45, 7) is 0. The molecule has 0 aliphatic rings. The summed E-state index contributed by atoms with van der Waals surface area (Å²) in [4.78, 5) is 5.43. The molecule has 2 rings (SSSR count). The van der Waals surface area contributed by atoms with E-state index in [-0.39, 0.29) is 0 Å². The standard InChI is InChI=1S/C14H15BrN2S/c1-16-13(11-5-4-8-17-9-11)10-18-14-7-3-2-6-12(14)15/h2-9,13,16H,10H2,1H3. The minimum absolute atomic E-state index is 0.316. The van der Waals surface area contributed by atoms with Gasteiger partial charge in [-0.15, -0.1) is 11.8 Å². The van der Waals surface area contributed by atoms with Gasteiger partial charge in [0.1, 0.15) is 0 Å². The lowest BCUT2D eigenvalue weighted by molar-refractivity contribution is 0.659. The van der Waals surface area contributed by atoms with Crippen LogP contribution in [0.5, 0.6) is 0 Å². The van der Waals surface area contributed by atoms with Gasteiger partial charge in [-0.3, -0.25) is 4.98 Å². The van der Waals surface area contributed by atoms with E-state index in [1.807, 2.05) is 37.1 Å². The molecule has 2 nitrogen and oxygen atoms in total. The SMILES string of the molecule is CNC(CSc1ccccc1Br)c1cccnc1. The zero-order valence-corrected chi connectivity index (χ0v) is 12.5. The van der Waals surface area contributed by atoms with E-state index in [1.165, 1.54) is 10.5 Å². The number of hydrogen-bond acceptors (Lipinski definition) is 3. The van der Waals surface area contributed by atoms with E-state index in [9.17, 15) is 0 Å². The summed E-state index contributed by atoms with van der Waals surface area (Å²) in [5, 5.41) is 3.33. The Morgan fingerprint density at radius 3 is 2.78 bits per heavy atom. The van der Waals surface area contributed by atoms with Crippen LogP contribution in [0.15, 0.2) is 58.2 Å². The van der Waals surface area contributed by atoms with Crippen LogP contribution in [0.1, 0.15) is 11.6 Å². The van der Waals surface area contributed by atoms with Crippen LogP contribution < -0.4 is 5.32 Å². The maximum absolute atomic E-state index is 4.17. The van der Waals surface area contributed by atoms with E-state index in [0.717, 1.165) is 10.2 Å². The number of aromatic nitrogens is 1. The van der Waals surface area contributed by atoms with Gasteiger partial charge >= 0.3 is 0 Å². The Morgan fingerprint density at radius 1 is 1.28 bits per heavy atom. The van der Waals surface area contributed by atoms with Gasteiger partial charge < -0.3 is 5.32 Å². The van der Waals surface area contributed by atoms with Gasteiger partial charge in [0.25, 0.3) is 0 Å². The first-order valence-corrected chi connectivity index (χ1v) is 7.53. The number of benzene rings is 1. The molecule has 0 aliphatic heterocycles. The highest BCUT2D eigenvalue weighted by Gasteiger charge is 2.10. The van der Waals surface area contributed by atoms with Crippen molar-refractivity contribution in [1.29, 1.82) is 0 Å². The summed E-state index contributed by atoms with van der Waals surface area (Å²) in [7, 11) is 1.98. The van der Waals surface area contributed by atoms with Gasteiger partial charge in [-0.1, -0.05) is 18.2 Å². The first-order chi connectivity index (χ1) is 8.81. The van der Waals surface area contributed by atoms with Crippen LogP contribution >= 0.6 is 27.7 Å². The molecular formula is C14H15BrN2S. The van der Waals surface area contributed by atoms with Crippen molar-refractivity contribution < 1.29 is 0 Å². The monoisotopic (exact) mass is 322 g/mol. The van der Waals surface area contributed by atoms with Gasteiger partial charge in [0.2, 0.25) is 0 Å². The number of rotatable bonds is 5. The van der Waals surface area contributed by atoms with Crippen molar-refractivity contribution >= 4 is 27.7 Å². The molecule has 1 aromatic carbocycles. The number of thioether (sulfide) groups is 1. The molecule has 1 aromatic heterocycles. The van der Waals surface area contributed by atoms with Gasteiger partial charge in [0, 0.05) is 33.6 Å². The molecule has 0 radical (unpaired) electrons. The first-order valence-electron chi connectivity index (χ1n) is 5.76. The molecule has 4 heteroatoms. The predicted octanol–water partition coefficient (Wildman–Crippen LogP) is 3.90. The summed E-state index contributed by atoms with van der Waals surface area (Å²) in [5.74, 6) is 0.977. The lowest BCUT2D eigenvalue weighted by Crippen LogP contribution is -2.18. The second-order valence-electron chi connectivity index (χ2n) is 3.87. The Bertz CT molecular complexity index is 490. The van der Waals surface area contributed by atoms with Crippen LogP contribution in [-0.2, 0) is 0 Å². The van der Waals surface area contributed by atoms with Crippen LogP contribution in [0.3, 0.4) is 0 Å². The van der Waals surface area contributed by atoms with Gasteiger partial charge in [0.15, 0.2) is 0 Å². The maximum Gasteiger partial charge on any atom is 0.0428 e. The van der Waals surface area contributed by atoms with Crippen molar-refractivity contribution in [3.63, 3.8) is 0 Å². The summed E-state index contributed by atoms with van der Waals surface area (Å²) < 4.78 is 1.15. The number of pyridine rings is 1. The van der Waals surface area contributed by atoms with Crippen LogP contribution in [0.4, 0.5) is 0 Å². The number of hydrogen-bond donors (Lipinski definition) is 1. The summed E-state index contributed by atoms with van der Waals surface area (Å²) >= 11 is 5.41. The van der Waals surface area contributed by atoms with Crippen LogP contribution in [0.2, 0.25) is 0 Å². The van der Waals surface area contributed by atoms with Crippen molar-refractivity contribution in [3.8, 4) is 0 Å². The fourth-order valence-corrected chi connectivity index (χ4v) is 3.38. The highest BCUT2D eigenvalue weighted by molar-refractivity contribution is 9.10. The molecule has 1 heterocycles. The van der Waals surface area contributed by atoms with Crippen molar-refractivity contribution in [1.82, 2.24) is 10.3 Å². The molecule has 2 aromatic rings. The van der Waals surface area contributed by atoms with Gasteiger partial charge in [-0.25, -0.2) is 0 Å². The fraction of sp³-hybridized carbons (Fsp3) is 0.214.